The lowest BCUT2D eigenvalue weighted by Gasteiger charge is -2.30. The van der Waals surface area contributed by atoms with E-state index in [1.54, 1.807) is 11.6 Å². The van der Waals surface area contributed by atoms with Crippen LogP contribution in [0.15, 0.2) is 29.4 Å². The fourth-order valence-corrected chi connectivity index (χ4v) is 6.09. The fourth-order valence-electron chi connectivity index (χ4n) is 4.64. The Morgan fingerprint density at radius 3 is 2.83 bits per heavy atom. The summed E-state index contributed by atoms with van der Waals surface area (Å²) in [4.78, 5) is 17.5. The third-order valence-corrected chi connectivity index (χ3v) is 7.47. The number of aryl methyl sites for hydroxylation is 1. The lowest BCUT2D eigenvalue weighted by atomic mass is 9.82. The number of anilines is 1. The molecule has 1 saturated carbocycles. The molecule has 9 heteroatoms. The van der Waals surface area contributed by atoms with Crippen molar-refractivity contribution in [3.8, 4) is 0 Å². The summed E-state index contributed by atoms with van der Waals surface area (Å²) in [5.41, 5.74) is 1.31. The zero-order valence-electron chi connectivity index (χ0n) is 17.0. The highest BCUT2D eigenvalue weighted by molar-refractivity contribution is 7.84. The van der Waals surface area contributed by atoms with E-state index < -0.39 is 17.3 Å². The average Bonchev–Trinajstić information content (AvgIpc) is 2.99. The minimum atomic E-state index is -2.69. The van der Waals surface area contributed by atoms with Crippen LogP contribution < -0.4 is 10.0 Å². The molecule has 30 heavy (non-hydrogen) atoms. The molecule has 0 spiro atoms. The lowest BCUT2D eigenvalue weighted by Crippen LogP contribution is -2.37. The smallest absolute Gasteiger partial charge is 0.280 e. The summed E-state index contributed by atoms with van der Waals surface area (Å²) >= 11 is 0. The highest BCUT2D eigenvalue weighted by atomic mass is 32.2. The summed E-state index contributed by atoms with van der Waals surface area (Å²) < 4.78 is 39.8. The molecule has 1 aliphatic carbocycles. The summed E-state index contributed by atoms with van der Waals surface area (Å²) in [6, 6.07) is 2.99. The van der Waals surface area contributed by atoms with E-state index in [-0.39, 0.29) is 17.3 Å². The van der Waals surface area contributed by atoms with Crippen LogP contribution in [0, 0.1) is 10.7 Å². The Kier molecular flexibility index (Phi) is 6.29. The van der Waals surface area contributed by atoms with Gasteiger partial charge in [-0.05, 0) is 60.2 Å². The van der Waals surface area contributed by atoms with Gasteiger partial charge in [-0.15, -0.1) is 0 Å². The molecule has 2 unspecified atom stereocenters. The van der Waals surface area contributed by atoms with E-state index in [1.165, 1.54) is 50.4 Å². The number of aromatic nitrogens is 2. The number of halogens is 2. The van der Waals surface area contributed by atoms with Crippen LogP contribution in [0.5, 0.6) is 0 Å². The van der Waals surface area contributed by atoms with Crippen LogP contribution in [0.2, 0.25) is 0 Å². The predicted molar refractivity (Wildman–Crippen MR) is 113 cm³/mol. The van der Waals surface area contributed by atoms with Gasteiger partial charge in [-0.3, -0.25) is 14.6 Å². The first-order valence-corrected chi connectivity index (χ1v) is 11.6. The number of alkyl halides is 2. The molecular weight excluding hydrogens is 408 g/mol. The van der Waals surface area contributed by atoms with Crippen molar-refractivity contribution in [2.24, 2.45) is 13.0 Å². The third-order valence-electron chi connectivity index (χ3n) is 6.14. The van der Waals surface area contributed by atoms with Crippen LogP contribution in [0.25, 0.3) is 0 Å². The highest BCUT2D eigenvalue weighted by Crippen LogP contribution is 2.33. The van der Waals surface area contributed by atoms with Crippen molar-refractivity contribution in [2.45, 2.75) is 62.3 Å². The number of carbonyl (C=O) groups excluding carboxylic acids is 1. The number of hydrogen-bond donors (Lipinski definition) is 3. The third kappa shape index (κ3) is 4.32. The van der Waals surface area contributed by atoms with Gasteiger partial charge in [-0.1, -0.05) is 19.3 Å². The molecule has 3 heterocycles. The molecule has 2 aliphatic rings. The van der Waals surface area contributed by atoms with E-state index in [2.05, 4.69) is 15.0 Å². The second-order valence-corrected chi connectivity index (χ2v) is 9.41. The number of carbonyl (C=O) groups is 1. The van der Waals surface area contributed by atoms with Crippen molar-refractivity contribution in [3.63, 3.8) is 0 Å². The summed E-state index contributed by atoms with van der Waals surface area (Å²) in [6.45, 7) is 0. The van der Waals surface area contributed by atoms with Crippen LogP contribution >= 0.6 is 0 Å². The summed E-state index contributed by atoms with van der Waals surface area (Å²) in [6.07, 6.45) is 8.26. The SMILES string of the molecule is Cn1cc2c(c1C(=O)Nc1ccnc(C(F)F)c1)CCC(C1CCCCC1)NS2=N. The first-order chi connectivity index (χ1) is 14.4. The van der Waals surface area contributed by atoms with E-state index in [4.69, 9.17) is 4.78 Å². The van der Waals surface area contributed by atoms with Gasteiger partial charge in [0, 0.05) is 31.2 Å². The van der Waals surface area contributed by atoms with Crippen molar-refractivity contribution in [3.05, 3.63) is 41.5 Å². The fraction of sp³-hybridized carbons (Fsp3) is 0.524. The number of amides is 1. The molecule has 3 N–H and O–H groups in total. The molecule has 2 aromatic rings. The normalized spacial score (nSPS) is 22.5. The molecule has 1 amide bonds. The molecular formula is C21H27F2N5OS. The molecule has 0 bridgehead atoms. The standard InChI is InChI=1S/C21H27F2N5OS/c1-28-12-18-15(7-8-16(27-30(18)24)13-5-3-2-4-6-13)19(28)21(29)26-14-9-10-25-17(11-14)20(22)23/h9-13,16,20H,2-8H2,1H3,(H2,24,27)(H,25,26,29). The van der Waals surface area contributed by atoms with Crippen LogP contribution in [0.4, 0.5) is 14.5 Å². The Morgan fingerprint density at radius 2 is 2.10 bits per heavy atom. The van der Waals surface area contributed by atoms with Gasteiger partial charge in [0.05, 0.1) is 4.90 Å². The monoisotopic (exact) mass is 435 g/mol. The number of nitrogens with one attached hydrogen (secondary N) is 3. The number of hydrogen-bond acceptors (Lipinski definition) is 3. The van der Waals surface area contributed by atoms with E-state index in [1.807, 2.05) is 6.20 Å². The predicted octanol–water partition coefficient (Wildman–Crippen LogP) is 4.75. The van der Waals surface area contributed by atoms with Crippen LogP contribution in [0.1, 0.15) is 66.7 Å². The van der Waals surface area contributed by atoms with Crippen molar-refractivity contribution in [1.29, 1.82) is 4.78 Å². The Morgan fingerprint density at radius 1 is 1.33 bits per heavy atom. The molecule has 162 valence electrons. The Hall–Kier alpha value is -2.13. The summed E-state index contributed by atoms with van der Waals surface area (Å²) in [5, 5.41) is 2.73. The molecule has 6 nitrogen and oxygen atoms in total. The minimum Gasteiger partial charge on any atom is -0.345 e. The van der Waals surface area contributed by atoms with Gasteiger partial charge >= 0.3 is 0 Å². The second kappa shape index (κ2) is 8.93. The molecule has 0 aromatic carbocycles. The van der Waals surface area contributed by atoms with Crippen LogP contribution in [0.3, 0.4) is 0 Å². The molecule has 0 radical (unpaired) electrons. The first-order valence-electron chi connectivity index (χ1n) is 10.4. The Balaban J connectivity index is 1.56. The number of nitrogens with zero attached hydrogens (tertiary/aromatic N) is 2. The molecule has 4 rings (SSSR count). The number of pyridine rings is 1. The first kappa shape index (κ1) is 21.1. The quantitative estimate of drug-likeness (QED) is 0.648. The van der Waals surface area contributed by atoms with Crippen molar-refractivity contribution in [1.82, 2.24) is 14.3 Å². The van der Waals surface area contributed by atoms with Crippen LogP contribution in [-0.2, 0) is 24.3 Å². The van der Waals surface area contributed by atoms with E-state index in [0.29, 0.717) is 17.7 Å². The van der Waals surface area contributed by atoms with Gasteiger partial charge in [-0.2, -0.15) is 0 Å². The zero-order chi connectivity index (χ0) is 21.3. The van der Waals surface area contributed by atoms with Gasteiger partial charge in [0.25, 0.3) is 12.3 Å². The molecule has 2 aromatic heterocycles. The van der Waals surface area contributed by atoms with Gasteiger partial charge < -0.3 is 9.88 Å². The maximum atomic E-state index is 13.0. The Labute approximate surface area is 177 Å². The van der Waals surface area contributed by atoms with Crippen molar-refractivity contribution >= 4 is 22.5 Å². The van der Waals surface area contributed by atoms with E-state index >= 15 is 0 Å². The van der Waals surface area contributed by atoms with Crippen LogP contribution in [-0.4, -0.2) is 21.5 Å². The number of fused-ring (bicyclic) bond motifs is 1. The van der Waals surface area contributed by atoms with Gasteiger partial charge in [-0.25, -0.2) is 13.5 Å². The van der Waals surface area contributed by atoms with Crippen molar-refractivity contribution < 1.29 is 13.6 Å². The Bertz CT molecular complexity index is 955. The van der Waals surface area contributed by atoms with E-state index in [9.17, 15) is 13.6 Å². The maximum Gasteiger partial charge on any atom is 0.280 e. The largest absolute Gasteiger partial charge is 0.345 e. The summed E-state index contributed by atoms with van der Waals surface area (Å²) in [5.74, 6) is 0.247. The lowest BCUT2D eigenvalue weighted by molar-refractivity contribution is 0.101. The summed E-state index contributed by atoms with van der Waals surface area (Å²) in [7, 11) is 0.902. The minimum absolute atomic E-state index is 0.289. The van der Waals surface area contributed by atoms with Crippen molar-refractivity contribution in [2.75, 3.05) is 5.32 Å². The molecule has 1 fully saturated rings. The molecule has 1 aliphatic heterocycles. The zero-order valence-corrected chi connectivity index (χ0v) is 17.8. The van der Waals surface area contributed by atoms with Gasteiger partial charge in [0.1, 0.15) is 11.4 Å². The van der Waals surface area contributed by atoms with Gasteiger partial charge in [0.15, 0.2) is 0 Å². The molecule has 0 saturated heterocycles. The highest BCUT2D eigenvalue weighted by Gasteiger charge is 2.31. The van der Waals surface area contributed by atoms with E-state index in [0.717, 1.165) is 23.3 Å². The average molecular weight is 436 g/mol. The van der Waals surface area contributed by atoms with Gasteiger partial charge in [0.2, 0.25) is 0 Å². The number of rotatable bonds is 4. The second-order valence-electron chi connectivity index (χ2n) is 8.12. The maximum absolute atomic E-state index is 13.0. The molecule has 2 atom stereocenters. The topological polar surface area (TPSA) is 82.8 Å².